The summed E-state index contributed by atoms with van der Waals surface area (Å²) in [5.41, 5.74) is 5.13. The fourth-order valence-corrected chi connectivity index (χ4v) is 3.31. The first-order chi connectivity index (χ1) is 9.65. The van der Waals surface area contributed by atoms with Gasteiger partial charge in [-0.05, 0) is 18.9 Å². The van der Waals surface area contributed by atoms with Crippen molar-refractivity contribution in [2.75, 3.05) is 6.54 Å². The van der Waals surface area contributed by atoms with Gasteiger partial charge >= 0.3 is 0 Å². The number of benzene rings is 1. The summed E-state index contributed by atoms with van der Waals surface area (Å²) in [7, 11) is -3.87. The molecule has 21 heavy (non-hydrogen) atoms. The average Bonchev–Trinajstić information content (AvgIpc) is 2.44. The molecule has 0 saturated heterocycles. The van der Waals surface area contributed by atoms with E-state index >= 15 is 0 Å². The molecule has 3 N–H and O–H groups in total. The van der Waals surface area contributed by atoms with Gasteiger partial charge in [-0.2, -0.15) is 0 Å². The third-order valence-electron chi connectivity index (χ3n) is 3.44. The van der Waals surface area contributed by atoms with Crippen LogP contribution in [-0.2, 0) is 10.0 Å². The molecule has 0 radical (unpaired) electrons. The van der Waals surface area contributed by atoms with Crippen LogP contribution in [0, 0.1) is 10.1 Å². The van der Waals surface area contributed by atoms with Crippen molar-refractivity contribution >= 4 is 27.3 Å². The zero-order valence-electron chi connectivity index (χ0n) is 11.8. The molecule has 0 aliphatic carbocycles. The predicted octanol–water partition coefficient (Wildman–Crippen LogP) is 2.04. The number of halogens is 1. The van der Waals surface area contributed by atoms with E-state index in [1.165, 1.54) is 0 Å². The van der Waals surface area contributed by atoms with Gasteiger partial charge in [0.15, 0.2) is 0 Å². The Morgan fingerprint density at radius 3 is 2.38 bits per heavy atom. The van der Waals surface area contributed by atoms with E-state index in [0.717, 1.165) is 18.2 Å². The lowest BCUT2D eigenvalue weighted by Crippen LogP contribution is -2.49. The molecule has 118 valence electrons. The van der Waals surface area contributed by atoms with E-state index < -0.39 is 20.5 Å². The summed E-state index contributed by atoms with van der Waals surface area (Å²) in [4.78, 5) is 9.77. The Kier molecular flexibility index (Phi) is 5.68. The Bertz CT molecular complexity index is 629. The fourth-order valence-electron chi connectivity index (χ4n) is 1.64. The maximum Gasteiger partial charge on any atom is 0.271 e. The van der Waals surface area contributed by atoms with E-state index in [9.17, 15) is 18.5 Å². The Balaban J connectivity index is 3.01. The SMILES string of the molecule is CCC(N)(CC)CNS(=O)(=O)c1ccc([N+](=O)[O-])cc1Cl. The molecular formula is C12H18ClN3O4S. The fraction of sp³-hybridized carbons (Fsp3) is 0.500. The Morgan fingerprint density at radius 2 is 1.95 bits per heavy atom. The molecule has 0 unspecified atom stereocenters. The smallest absolute Gasteiger partial charge is 0.271 e. The number of non-ortho nitro benzene ring substituents is 1. The summed E-state index contributed by atoms with van der Waals surface area (Å²) in [6.07, 6.45) is 1.22. The van der Waals surface area contributed by atoms with Crippen molar-refractivity contribution in [1.29, 1.82) is 0 Å². The summed E-state index contributed by atoms with van der Waals surface area (Å²) in [5, 5.41) is 10.4. The molecule has 0 aromatic heterocycles. The molecule has 1 rings (SSSR count). The maximum atomic E-state index is 12.2. The molecule has 0 atom stereocenters. The second kappa shape index (κ2) is 6.69. The van der Waals surface area contributed by atoms with Crippen LogP contribution in [0.4, 0.5) is 5.69 Å². The van der Waals surface area contributed by atoms with Crippen molar-refractivity contribution in [1.82, 2.24) is 4.72 Å². The molecule has 0 aliphatic heterocycles. The first-order valence-electron chi connectivity index (χ1n) is 6.37. The number of nitro benzene ring substituents is 1. The van der Waals surface area contributed by atoms with Crippen LogP contribution >= 0.6 is 11.6 Å². The molecule has 0 bridgehead atoms. The highest BCUT2D eigenvalue weighted by molar-refractivity contribution is 7.89. The van der Waals surface area contributed by atoms with Crippen LogP contribution in [-0.4, -0.2) is 25.4 Å². The number of rotatable bonds is 7. The van der Waals surface area contributed by atoms with Gasteiger partial charge in [-0.1, -0.05) is 25.4 Å². The molecule has 0 spiro atoms. The molecule has 1 aromatic carbocycles. The first-order valence-corrected chi connectivity index (χ1v) is 8.24. The van der Waals surface area contributed by atoms with Gasteiger partial charge in [0.1, 0.15) is 4.90 Å². The van der Waals surface area contributed by atoms with Gasteiger partial charge in [0.2, 0.25) is 10.0 Å². The van der Waals surface area contributed by atoms with Crippen molar-refractivity contribution in [3.8, 4) is 0 Å². The zero-order chi connectivity index (χ0) is 16.3. The van der Waals surface area contributed by atoms with E-state index in [1.54, 1.807) is 0 Å². The van der Waals surface area contributed by atoms with Crippen LogP contribution in [0.1, 0.15) is 26.7 Å². The largest absolute Gasteiger partial charge is 0.324 e. The molecule has 0 amide bonds. The Labute approximate surface area is 128 Å². The predicted molar refractivity (Wildman–Crippen MR) is 80.8 cm³/mol. The first kappa shape index (κ1) is 17.8. The molecule has 9 heteroatoms. The summed E-state index contributed by atoms with van der Waals surface area (Å²) in [5.74, 6) is 0. The highest BCUT2D eigenvalue weighted by atomic mass is 35.5. The zero-order valence-corrected chi connectivity index (χ0v) is 13.4. The minimum Gasteiger partial charge on any atom is -0.324 e. The highest BCUT2D eigenvalue weighted by Gasteiger charge is 2.26. The second-order valence-corrected chi connectivity index (χ2v) is 6.91. The summed E-state index contributed by atoms with van der Waals surface area (Å²) >= 11 is 5.82. The number of sulfonamides is 1. The minimum absolute atomic E-state index is 0.0651. The number of nitrogens with two attached hydrogens (primary N) is 1. The van der Waals surface area contributed by atoms with E-state index in [-0.39, 0.29) is 22.2 Å². The van der Waals surface area contributed by atoms with Crippen LogP contribution in [0.2, 0.25) is 5.02 Å². The number of nitro groups is 1. The quantitative estimate of drug-likeness (QED) is 0.584. The van der Waals surface area contributed by atoms with Crippen LogP contribution in [0.15, 0.2) is 23.1 Å². The molecule has 0 fully saturated rings. The summed E-state index contributed by atoms with van der Waals surface area (Å²) < 4.78 is 26.8. The molecule has 1 aromatic rings. The van der Waals surface area contributed by atoms with Crippen molar-refractivity contribution < 1.29 is 13.3 Å². The average molecular weight is 336 g/mol. The van der Waals surface area contributed by atoms with Gasteiger partial charge in [-0.25, -0.2) is 13.1 Å². The number of hydrogen-bond acceptors (Lipinski definition) is 5. The van der Waals surface area contributed by atoms with Crippen LogP contribution < -0.4 is 10.5 Å². The topological polar surface area (TPSA) is 115 Å². The number of hydrogen-bond donors (Lipinski definition) is 2. The molecule has 7 nitrogen and oxygen atoms in total. The van der Waals surface area contributed by atoms with Crippen LogP contribution in [0.3, 0.4) is 0 Å². The van der Waals surface area contributed by atoms with Crippen molar-refractivity contribution in [2.24, 2.45) is 5.73 Å². The standard InChI is InChI=1S/C12H18ClN3O4S/c1-3-12(14,4-2)8-15-21(19,20)11-6-5-9(16(17)18)7-10(11)13/h5-7,15H,3-4,8,14H2,1-2H3. The normalized spacial score (nSPS) is 12.4. The van der Waals surface area contributed by atoms with Gasteiger partial charge in [-0.3, -0.25) is 10.1 Å². The lowest BCUT2D eigenvalue weighted by atomic mass is 9.95. The third kappa shape index (κ3) is 4.37. The number of nitrogens with zero attached hydrogens (tertiary/aromatic N) is 1. The minimum atomic E-state index is -3.87. The van der Waals surface area contributed by atoms with E-state index in [2.05, 4.69) is 4.72 Å². The van der Waals surface area contributed by atoms with Crippen molar-refractivity contribution in [3.05, 3.63) is 33.3 Å². The summed E-state index contributed by atoms with van der Waals surface area (Å²) in [6, 6.07) is 3.21. The summed E-state index contributed by atoms with van der Waals surface area (Å²) in [6.45, 7) is 3.81. The lowest BCUT2D eigenvalue weighted by molar-refractivity contribution is -0.384. The Morgan fingerprint density at radius 1 is 1.38 bits per heavy atom. The van der Waals surface area contributed by atoms with Gasteiger partial charge in [0.05, 0.1) is 9.95 Å². The molecule has 0 saturated carbocycles. The van der Waals surface area contributed by atoms with Crippen LogP contribution in [0.25, 0.3) is 0 Å². The third-order valence-corrected chi connectivity index (χ3v) is 5.32. The van der Waals surface area contributed by atoms with Gasteiger partial charge < -0.3 is 5.73 Å². The van der Waals surface area contributed by atoms with Gasteiger partial charge in [0.25, 0.3) is 5.69 Å². The van der Waals surface area contributed by atoms with Crippen molar-refractivity contribution in [3.63, 3.8) is 0 Å². The van der Waals surface area contributed by atoms with Gasteiger partial charge in [0, 0.05) is 24.2 Å². The lowest BCUT2D eigenvalue weighted by Gasteiger charge is -2.26. The Hall–Kier alpha value is -1.22. The van der Waals surface area contributed by atoms with Crippen molar-refractivity contribution in [2.45, 2.75) is 37.1 Å². The molecule has 0 heterocycles. The highest BCUT2D eigenvalue weighted by Crippen LogP contribution is 2.26. The van der Waals surface area contributed by atoms with E-state index in [4.69, 9.17) is 17.3 Å². The van der Waals surface area contributed by atoms with E-state index in [0.29, 0.717) is 12.8 Å². The van der Waals surface area contributed by atoms with Crippen LogP contribution in [0.5, 0.6) is 0 Å². The second-order valence-electron chi connectivity index (χ2n) is 4.77. The maximum absolute atomic E-state index is 12.2. The monoisotopic (exact) mass is 335 g/mol. The van der Waals surface area contributed by atoms with Gasteiger partial charge in [-0.15, -0.1) is 0 Å². The molecular weight excluding hydrogens is 318 g/mol. The number of nitrogens with one attached hydrogen (secondary N) is 1. The van der Waals surface area contributed by atoms with E-state index in [1.807, 2.05) is 13.8 Å². The molecule has 0 aliphatic rings.